The van der Waals surface area contributed by atoms with Gasteiger partial charge in [0.15, 0.2) is 0 Å². The van der Waals surface area contributed by atoms with Gasteiger partial charge < -0.3 is 10.0 Å². The second-order valence-corrected chi connectivity index (χ2v) is 5.18. The Bertz CT molecular complexity index is 475. The maximum Gasteiger partial charge on any atom is 0.305 e. The third kappa shape index (κ3) is 3.81. The first-order chi connectivity index (χ1) is 9.56. The van der Waals surface area contributed by atoms with Crippen molar-refractivity contribution in [1.29, 1.82) is 0 Å². The normalized spacial score (nSPS) is 19.9. The van der Waals surface area contributed by atoms with Crippen molar-refractivity contribution in [2.45, 2.75) is 25.9 Å². The van der Waals surface area contributed by atoms with Crippen LogP contribution in [0.4, 0.5) is 0 Å². The van der Waals surface area contributed by atoms with Gasteiger partial charge in [-0.1, -0.05) is 30.3 Å². The lowest BCUT2D eigenvalue weighted by Crippen LogP contribution is -2.54. The molecule has 108 valence electrons. The minimum Gasteiger partial charge on any atom is -0.481 e. The van der Waals surface area contributed by atoms with Gasteiger partial charge in [0, 0.05) is 33.1 Å². The third-order valence-corrected chi connectivity index (χ3v) is 3.63. The lowest BCUT2D eigenvalue weighted by Gasteiger charge is -2.40. The number of carbonyl (C=O) groups excluding carboxylic acids is 1. The molecule has 1 aromatic carbocycles. The summed E-state index contributed by atoms with van der Waals surface area (Å²) < 4.78 is 0. The first kappa shape index (κ1) is 14.5. The maximum absolute atomic E-state index is 11.6. The van der Waals surface area contributed by atoms with E-state index in [-0.39, 0.29) is 18.4 Å². The Morgan fingerprint density at radius 3 is 2.55 bits per heavy atom. The third-order valence-electron chi connectivity index (χ3n) is 3.63. The van der Waals surface area contributed by atoms with Crippen LogP contribution in [0.1, 0.15) is 18.9 Å². The molecule has 1 saturated heterocycles. The molecule has 2 rings (SSSR count). The monoisotopic (exact) mass is 276 g/mol. The van der Waals surface area contributed by atoms with Crippen molar-refractivity contribution in [2.24, 2.45) is 0 Å². The van der Waals surface area contributed by atoms with Gasteiger partial charge in [0.05, 0.1) is 12.5 Å². The molecule has 1 aromatic rings. The predicted octanol–water partition coefficient (Wildman–Crippen LogP) is 1.19. The van der Waals surface area contributed by atoms with Crippen molar-refractivity contribution < 1.29 is 14.7 Å². The number of piperazine rings is 1. The average molecular weight is 276 g/mol. The van der Waals surface area contributed by atoms with Crippen LogP contribution in [0.15, 0.2) is 30.3 Å². The van der Waals surface area contributed by atoms with Crippen LogP contribution in [-0.2, 0) is 16.1 Å². The number of benzene rings is 1. The summed E-state index contributed by atoms with van der Waals surface area (Å²) in [4.78, 5) is 26.4. The molecule has 0 aliphatic carbocycles. The quantitative estimate of drug-likeness (QED) is 0.897. The molecule has 0 unspecified atom stereocenters. The van der Waals surface area contributed by atoms with E-state index < -0.39 is 5.97 Å². The summed E-state index contributed by atoms with van der Waals surface area (Å²) in [6, 6.07) is 9.85. The number of hydrogen-bond donors (Lipinski definition) is 1. The smallest absolute Gasteiger partial charge is 0.305 e. The second-order valence-electron chi connectivity index (χ2n) is 5.18. The van der Waals surface area contributed by atoms with Gasteiger partial charge in [-0.25, -0.2) is 0 Å². The lowest BCUT2D eigenvalue weighted by molar-refractivity contribution is -0.142. The first-order valence-electron chi connectivity index (χ1n) is 6.81. The fourth-order valence-electron chi connectivity index (χ4n) is 2.70. The molecule has 1 amide bonds. The van der Waals surface area contributed by atoms with E-state index in [2.05, 4.69) is 17.0 Å². The van der Waals surface area contributed by atoms with Crippen LogP contribution in [0.3, 0.4) is 0 Å². The number of amides is 1. The Balaban J connectivity index is 2.01. The number of rotatable bonds is 4. The Morgan fingerprint density at radius 1 is 1.25 bits per heavy atom. The molecule has 1 aliphatic heterocycles. The van der Waals surface area contributed by atoms with Gasteiger partial charge in [-0.3, -0.25) is 14.5 Å². The van der Waals surface area contributed by atoms with Crippen LogP contribution in [0.25, 0.3) is 0 Å². The van der Waals surface area contributed by atoms with Crippen LogP contribution < -0.4 is 0 Å². The molecule has 1 fully saturated rings. The highest BCUT2D eigenvalue weighted by molar-refractivity contribution is 5.75. The van der Waals surface area contributed by atoms with E-state index in [9.17, 15) is 9.59 Å². The molecule has 0 saturated carbocycles. The average Bonchev–Trinajstić information content (AvgIpc) is 2.39. The Hall–Kier alpha value is -1.88. The molecule has 1 N–H and O–H groups in total. The van der Waals surface area contributed by atoms with Gasteiger partial charge in [0.25, 0.3) is 0 Å². The van der Waals surface area contributed by atoms with E-state index >= 15 is 0 Å². The zero-order chi connectivity index (χ0) is 14.5. The van der Waals surface area contributed by atoms with Crippen molar-refractivity contribution in [2.75, 3.05) is 19.6 Å². The van der Waals surface area contributed by atoms with Crippen LogP contribution in [-0.4, -0.2) is 52.5 Å². The fourth-order valence-corrected chi connectivity index (χ4v) is 2.70. The molecular weight excluding hydrogens is 256 g/mol. The highest BCUT2D eigenvalue weighted by Gasteiger charge is 2.30. The number of nitrogens with zero attached hydrogens (tertiary/aromatic N) is 2. The zero-order valence-corrected chi connectivity index (χ0v) is 11.7. The number of aliphatic carboxylic acids is 1. The summed E-state index contributed by atoms with van der Waals surface area (Å²) in [5.41, 5.74) is 1.21. The SMILES string of the molecule is CC(=O)N1CCN(Cc2ccccc2)C[C@H]1CC(=O)O. The molecule has 1 heterocycles. The van der Waals surface area contributed by atoms with Gasteiger partial charge in [0.1, 0.15) is 0 Å². The molecule has 20 heavy (non-hydrogen) atoms. The van der Waals surface area contributed by atoms with Crippen molar-refractivity contribution in [1.82, 2.24) is 9.80 Å². The number of carboxylic acid groups (broad SMARTS) is 1. The Labute approximate surface area is 118 Å². The van der Waals surface area contributed by atoms with Crippen LogP contribution in [0, 0.1) is 0 Å². The summed E-state index contributed by atoms with van der Waals surface area (Å²) in [7, 11) is 0. The van der Waals surface area contributed by atoms with Crippen LogP contribution >= 0.6 is 0 Å². The summed E-state index contributed by atoms with van der Waals surface area (Å²) in [5, 5.41) is 8.98. The van der Waals surface area contributed by atoms with E-state index in [1.54, 1.807) is 4.90 Å². The van der Waals surface area contributed by atoms with Gasteiger partial charge in [-0.05, 0) is 5.56 Å². The largest absolute Gasteiger partial charge is 0.481 e. The second kappa shape index (κ2) is 6.52. The van der Waals surface area contributed by atoms with Crippen molar-refractivity contribution in [3.05, 3.63) is 35.9 Å². The minimum atomic E-state index is -0.859. The Kier molecular flexibility index (Phi) is 4.74. The van der Waals surface area contributed by atoms with Crippen LogP contribution in [0.5, 0.6) is 0 Å². The van der Waals surface area contributed by atoms with Crippen molar-refractivity contribution >= 4 is 11.9 Å². The Morgan fingerprint density at radius 2 is 1.95 bits per heavy atom. The highest BCUT2D eigenvalue weighted by atomic mass is 16.4. The minimum absolute atomic E-state index is 0.00483. The molecule has 0 radical (unpaired) electrons. The predicted molar refractivity (Wildman–Crippen MR) is 75.1 cm³/mol. The van der Waals surface area contributed by atoms with Gasteiger partial charge in [-0.2, -0.15) is 0 Å². The highest BCUT2D eigenvalue weighted by Crippen LogP contribution is 2.16. The molecule has 0 spiro atoms. The summed E-state index contributed by atoms with van der Waals surface area (Å²) in [6.45, 7) is 4.29. The van der Waals surface area contributed by atoms with Crippen molar-refractivity contribution in [3.8, 4) is 0 Å². The molecule has 5 heteroatoms. The first-order valence-corrected chi connectivity index (χ1v) is 6.81. The summed E-state index contributed by atoms with van der Waals surface area (Å²) >= 11 is 0. The molecule has 0 aromatic heterocycles. The lowest BCUT2D eigenvalue weighted by atomic mass is 10.1. The molecule has 1 atom stereocenters. The molecule has 5 nitrogen and oxygen atoms in total. The van der Waals surface area contributed by atoms with E-state index in [0.29, 0.717) is 13.1 Å². The van der Waals surface area contributed by atoms with E-state index in [1.165, 1.54) is 12.5 Å². The maximum atomic E-state index is 11.6. The number of carboxylic acids is 1. The van der Waals surface area contributed by atoms with E-state index in [4.69, 9.17) is 5.11 Å². The van der Waals surface area contributed by atoms with Gasteiger partial charge in [-0.15, -0.1) is 0 Å². The summed E-state index contributed by atoms with van der Waals surface area (Å²) in [6.07, 6.45) is 0.00483. The molecule has 0 bridgehead atoms. The fraction of sp³-hybridized carbons (Fsp3) is 0.467. The number of hydrogen-bond acceptors (Lipinski definition) is 3. The van der Waals surface area contributed by atoms with Crippen LogP contribution in [0.2, 0.25) is 0 Å². The number of carbonyl (C=O) groups is 2. The van der Waals surface area contributed by atoms with E-state index in [1.807, 2.05) is 18.2 Å². The van der Waals surface area contributed by atoms with Crippen molar-refractivity contribution in [3.63, 3.8) is 0 Å². The van der Waals surface area contributed by atoms with Gasteiger partial charge in [0.2, 0.25) is 5.91 Å². The summed E-state index contributed by atoms with van der Waals surface area (Å²) in [5.74, 6) is -0.904. The van der Waals surface area contributed by atoms with Gasteiger partial charge >= 0.3 is 5.97 Å². The molecule has 1 aliphatic rings. The zero-order valence-electron chi connectivity index (χ0n) is 11.7. The standard InChI is InChI=1S/C15H20N2O3/c1-12(18)17-8-7-16(11-14(17)9-15(19)20)10-13-5-3-2-4-6-13/h2-6,14H,7-11H2,1H3,(H,19,20)/t14-/m1/s1. The van der Waals surface area contributed by atoms with E-state index in [0.717, 1.165) is 13.1 Å². The topological polar surface area (TPSA) is 60.9 Å². The molecular formula is C15H20N2O3.